The first-order valence-corrected chi connectivity index (χ1v) is 7.64. The zero-order chi connectivity index (χ0) is 17.4. The lowest BCUT2D eigenvalue weighted by Crippen LogP contribution is -1.90. The van der Waals surface area contributed by atoms with E-state index >= 15 is 0 Å². The van der Waals surface area contributed by atoms with E-state index in [9.17, 15) is 8.78 Å². The number of rotatable bonds is 3. The Kier molecular flexibility index (Phi) is 3.65. The normalized spacial score (nSPS) is 11.0. The van der Waals surface area contributed by atoms with Crippen molar-refractivity contribution >= 4 is 0 Å². The van der Waals surface area contributed by atoms with E-state index < -0.39 is 0 Å². The molecule has 0 fully saturated rings. The van der Waals surface area contributed by atoms with Gasteiger partial charge in [-0.1, -0.05) is 11.2 Å². The second-order valence-electron chi connectivity index (χ2n) is 5.62. The van der Waals surface area contributed by atoms with Crippen LogP contribution in [0.2, 0.25) is 0 Å². The Morgan fingerprint density at radius 3 is 2.56 bits per heavy atom. The van der Waals surface area contributed by atoms with E-state index in [4.69, 9.17) is 4.52 Å². The zero-order valence-electron chi connectivity index (χ0n) is 13.3. The molecular formula is C19H13F2N3O. The van der Waals surface area contributed by atoms with Crippen molar-refractivity contribution < 1.29 is 13.3 Å². The Hall–Kier alpha value is -3.28. The molecule has 2 heterocycles. The molecule has 25 heavy (non-hydrogen) atoms. The standard InChI is InChI=1S/C19H13F2N3O/c1-12-18(19(23-25-12)13-5-7-14(20)8-6-13)17-10-24(11-22-17)16-4-2-3-15(21)9-16/h2-11H,1H3. The molecule has 0 atom stereocenters. The molecular weight excluding hydrogens is 324 g/mol. The van der Waals surface area contributed by atoms with E-state index in [2.05, 4.69) is 10.1 Å². The highest BCUT2D eigenvalue weighted by Crippen LogP contribution is 2.33. The van der Waals surface area contributed by atoms with E-state index in [1.54, 1.807) is 48.3 Å². The fourth-order valence-corrected chi connectivity index (χ4v) is 2.71. The summed E-state index contributed by atoms with van der Waals surface area (Å²) in [7, 11) is 0. The summed E-state index contributed by atoms with van der Waals surface area (Å²) in [4.78, 5) is 4.40. The number of nitrogens with zero attached hydrogens (tertiary/aromatic N) is 3. The first-order chi connectivity index (χ1) is 12.1. The van der Waals surface area contributed by atoms with Crippen molar-refractivity contribution in [2.24, 2.45) is 0 Å². The van der Waals surface area contributed by atoms with E-state index in [0.717, 1.165) is 11.1 Å². The summed E-state index contributed by atoms with van der Waals surface area (Å²) in [5.74, 6) is -0.0365. The van der Waals surface area contributed by atoms with E-state index in [-0.39, 0.29) is 11.6 Å². The van der Waals surface area contributed by atoms with Crippen molar-refractivity contribution in [2.75, 3.05) is 0 Å². The lowest BCUT2D eigenvalue weighted by atomic mass is 10.0. The Morgan fingerprint density at radius 1 is 1.00 bits per heavy atom. The van der Waals surface area contributed by atoms with E-state index in [1.807, 2.05) is 0 Å². The lowest BCUT2D eigenvalue weighted by Gasteiger charge is -2.02. The summed E-state index contributed by atoms with van der Waals surface area (Å²) in [6.45, 7) is 1.79. The predicted molar refractivity (Wildman–Crippen MR) is 89.2 cm³/mol. The van der Waals surface area contributed by atoms with Crippen LogP contribution in [0.4, 0.5) is 8.78 Å². The zero-order valence-corrected chi connectivity index (χ0v) is 13.3. The van der Waals surface area contributed by atoms with E-state index in [1.165, 1.54) is 24.3 Å². The molecule has 0 N–H and O–H groups in total. The number of aromatic nitrogens is 3. The van der Waals surface area contributed by atoms with Gasteiger partial charge in [-0.25, -0.2) is 13.8 Å². The quantitative estimate of drug-likeness (QED) is 0.540. The molecule has 0 aliphatic carbocycles. The maximum Gasteiger partial charge on any atom is 0.143 e. The molecule has 0 bridgehead atoms. The molecule has 4 rings (SSSR count). The largest absolute Gasteiger partial charge is 0.360 e. The summed E-state index contributed by atoms with van der Waals surface area (Å²) < 4.78 is 33.6. The highest BCUT2D eigenvalue weighted by atomic mass is 19.1. The maximum absolute atomic E-state index is 13.4. The smallest absolute Gasteiger partial charge is 0.143 e. The third-order valence-corrected chi connectivity index (χ3v) is 3.93. The summed E-state index contributed by atoms with van der Waals surface area (Å²) in [5.41, 5.74) is 3.34. The maximum atomic E-state index is 13.4. The minimum absolute atomic E-state index is 0.319. The highest BCUT2D eigenvalue weighted by molar-refractivity contribution is 5.80. The van der Waals surface area contributed by atoms with Crippen molar-refractivity contribution in [3.8, 4) is 28.2 Å². The third kappa shape index (κ3) is 2.82. The molecule has 124 valence electrons. The minimum Gasteiger partial charge on any atom is -0.360 e. The van der Waals surface area contributed by atoms with Crippen LogP contribution >= 0.6 is 0 Å². The highest BCUT2D eigenvalue weighted by Gasteiger charge is 2.19. The number of halogens is 2. The number of benzene rings is 2. The van der Waals surface area contributed by atoms with Gasteiger partial charge in [-0.15, -0.1) is 0 Å². The summed E-state index contributed by atoms with van der Waals surface area (Å²) in [5, 5.41) is 4.08. The van der Waals surface area contributed by atoms with Gasteiger partial charge in [-0.05, 0) is 49.4 Å². The van der Waals surface area contributed by atoms with Gasteiger partial charge in [0.25, 0.3) is 0 Å². The fourth-order valence-electron chi connectivity index (χ4n) is 2.71. The molecule has 0 aliphatic heterocycles. The van der Waals surface area contributed by atoms with Gasteiger partial charge in [-0.2, -0.15) is 0 Å². The van der Waals surface area contributed by atoms with Crippen LogP contribution < -0.4 is 0 Å². The van der Waals surface area contributed by atoms with Gasteiger partial charge >= 0.3 is 0 Å². The van der Waals surface area contributed by atoms with Crippen LogP contribution in [0.3, 0.4) is 0 Å². The monoisotopic (exact) mass is 337 g/mol. The Bertz CT molecular complexity index is 1040. The van der Waals surface area contributed by atoms with Crippen LogP contribution in [0, 0.1) is 18.6 Å². The second kappa shape index (κ2) is 5.98. The third-order valence-electron chi connectivity index (χ3n) is 3.93. The van der Waals surface area contributed by atoms with Gasteiger partial charge in [0, 0.05) is 17.4 Å². The van der Waals surface area contributed by atoms with Crippen LogP contribution in [0.5, 0.6) is 0 Å². The SMILES string of the molecule is Cc1onc(-c2ccc(F)cc2)c1-c1cn(-c2cccc(F)c2)cn1. The number of aryl methyl sites for hydroxylation is 1. The number of imidazole rings is 1. The molecule has 0 saturated heterocycles. The molecule has 0 unspecified atom stereocenters. The molecule has 0 spiro atoms. The summed E-state index contributed by atoms with van der Waals surface area (Å²) in [6, 6.07) is 12.3. The first-order valence-electron chi connectivity index (χ1n) is 7.64. The number of hydrogen-bond acceptors (Lipinski definition) is 3. The van der Waals surface area contributed by atoms with Crippen molar-refractivity contribution in [3.05, 3.63) is 78.4 Å². The first kappa shape index (κ1) is 15.3. The molecule has 2 aromatic carbocycles. The molecule has 4 nitrogen and oxygen atoms in total. The Morgan fingerprint density at radius 2 is 1.80 bits per heavy atom. The Balaban J connectivity index is 1.78. The fraction of sp³-hybridized carbons (Fsp3) is 0.0526. The van der Waals surface area contributed by atoms with E-state index in [0.29, 0.717) is 22.8 Å². The molecule has 0 saturated carbocycles. The average molecular weight is 337 g/mol. The topological polar surface area (TPSA) is 43.9 Å². The van der Waals surface area contributed by atoms with Gasteiger partial charge in [0.2, 0.25) is 0 Å². The molecule has 0 aliphatic rings. The molecule has 0 amide bonds. The lowest BCUT2D eigenvalue weighted by molar-refractivity contribution is 0.400. The Labute approximate surface area is 142 Å². The van der Waals surface area contributed by atoms with Crippen molar-refractivity contribution in [3.63, 3.8) is 0 Å². The average Bonchev–Trinajstić information content (AvgIpc) is 3.22. The van der Waals surface area contributed by atoms with Crippen LogP contribution in [0.1, 0.15) is 5.76 Å². The molecule has 2 aromatic heterocycles. The van der Waals surface area contributed by atoms with Crippen molar-refractivity contribution in [2.45, 2.75) is 6.92 Å². The van der Waals surface area contributed by atoms with Gasteiger partial charge in [-0.3, -0.25) is 0 Å². The summed E-state index contributed by atoms with van der Waals surface area (Å²) >= 11 is 0. The molecule has 4 aromatic rings. The minimum atomic E-state index is -0.319. The van der Waals surface area contributed by atoms with Crippen molar-refractivity contribution in [1.82, 2.24) is 14.7 Å². The second-order valence-corrected chi connectivity index (χ2v) is 5.62. The van der Waals surface area contributed by atoms with Gasteiger partial charge in [0.1, 0.15) is 23.1 Å². The van der Waals surface area contributed by atoms with Crippen molar-refractivity contribution in [1.29, 1.82) is 0 Å². The molecule has 0 radical (unpaired) electrons. The molecule has 6 heteroatoms. The van der Waals surface area contributed by atoms with Crippen LogP contribution in [-0.4, -0.2) is 14.7 Å². The van der Waals surface area contributed by atoms with Crippen LogP contribution in [-0.2, 0) is 0 Å². The predicted octanol–water partition coefficient (Wildman–Crippen LogP) is 4.78. The summed E-state index contributed by atoms with van der Waals surface area (Å²) in [6.07, 6.45) is 3.38. The van der Waals surface area contributed by atoms with Gasteiger partial charge in [0.05, 0.1) is 17.6 Å². The van der Waals surface area contributed by atoms with Crippen LogP contribution in [0.15, 0.2) is 65.6 Å². The van der Waals surface area contributed by atoms with Gasteiger partial charge < -0.3 is 9.09 Å². The van der Waals surface area contributed by atoms with Gasteiger partial charge in [0.15, 0.2) is 0 Å². The van der Waals surface area contributed by atoms with Crippen LogP contribution in [0.25, 0.3) is 28.2 Å². The number of hydrogen-bond donors (Lipinski definition) is 0.